The number of hydrogen-bond acceptors (Lipinski definition) is 2. The minimum absolute atomic E-state index is 0.490. The third kappa shape index (κ3) is 3.18. The molecule has 0 heterocycles. The summed E-state index contributed by atoms with van der Waals surface area (Å²) in [5.41, 5.74) is 0. The zero-order valence-corrected chi connectivity index (χ0v) is 10.0. The molecule has 2 atom stereocenters. The van der Waals surface area contributed by atoms with Crippen LogP contribution in [0, 0.1) is 5.92 Å². The standard InChI is InChI=1S/C13H25NO/c1-14-12-8-4-5-9-13(12)15-10-11-6-2-3-7-11/h11-14H,2-10H2,1H3. The highest BCUT2D eigenvalue weighted by Crippen LogP contribution is 2.27. The van der Waals surface area contributed by atoms with E-state index in [2.05, 4.69) is 12.4 Å². The molecule has 0 spiro atoms. The summed E-state index contributed by atoms with van der Waals surface area (Å²) in [6.07, 6.45) is 11.4. The van der Waals surface area contributed by atoms with Crippen LogP contribution in [0.2, 0.25) is 0 Å². The van der Waals surface area contributed by atoms with Crippen LogP contribution < -0.4 is 5.32 Å². The van der Waals surface area contributed by atoms with Gasteiger partial charge in [0.2, 0.25) is 0 Å². The van der Waals surface area contributed by atoms with E-state index in [1.807, 2.05) is 0 Å². The molecular weight excluding hydrogens is 186 g/mol. The Balaban J connectivity index is 1.71. The summed E-state index contributed by atoms with van der Waals surface area (Å²) in [5, 5.41) is 3.40. The molecule has 0 radical (unpaired) electrons. The molecule has 2 aliphatic carbocycles. The molecule has 2 saturated carbocycles. The normalized spacial score (nSPS) is 33.4. The fourth-order valence-corrected chi connectivity index (χ4v) is 3.06. The van der Waals surface area contributed by atoms with Crippen molar-refractivity contribution in [2.45, 2.75) is 63.5 Å². The predicted molar refractivity (Wildman–Crippen MR) is 63.0 cm³/mol. The van der Waals surface area contributed by atoms with Crippen molar-refractivity contribution in [2.75, 3.05) is 13.7 Å². The number of nitrogens with one attached hydrogen (secondary N) is 1. The van der Waals surface area contributed by atoms with Crippen molar-refractivity contribution in [3.05, 3.63) is 0 Å². The van der Waals surface area contributed by atoms with Crippen molar-refractivity contribution in [3.63, 3.8) is 0 Å². The number of rotatable bonds is 4. The Morgan fingerprint density at radius 2 is 1.67 bits per heavy atom. The van der Waals surface area contributed by atoms with E-state index in [-0.39, 0.29) is 0 Å². The lowest BCUT2D eigenvalue weighted by molar-refractivity contribution is -0.00975. The van der Waals surface area contributed by atoms with Gasteiger partial charge in [0.25, 0.3) is 0 Å². The van der Waals surface area contributed by atoms with Gasteiger partial charge in [0.05, 0.1) is 6.10 Å². The third-order valence-corrected chi connectivity index (χ3v) is 4.09. The predicted octanol–water partition coefficient (Wildman–Crippen LogP) is 2.72. The lowest BCUT2D eigenvalue weighted by Gasteiger charge is -2.32. The summed E-state index contributed by atoms with van der Waals surface area (Å²) >= 11 is 0. The smallest absolute Gasteiger partial charge is 0.0728 e. The van der Waals surface area contributed by atoms with E-state index in [1.165, 1.54) is 51.4 Å². The highest BCUT2D eigenvalue weighted by molar-refractivity contribution is 4.81. The maximum absolute atomic E-state index is 6.11. The fourth-order valence-electron chi connectivity index (χ4n) is 3.06. The fraction of sp³-hybridized carbons (Fsp3) is 1.00. The van der Waals surface area contributed by atoms with Crippen molar-refractivity contribution in [2.24, 2.45) is 5.92 Å². The van der Waals surface area contributed by atoms with Gasteiger partial charge >= 0.3 is 0 Å². The van der Waals surface area contributed by atoms with Crippen LogP contribution in [0.5, 0.6) is 0 Å². The molecule has 0 aromatic heterocycles. The number of hydrogen-bond donors (Lipinski definition) is 1. The molecule has 15 heavy (non-hydrogen) atoms. The molecule has 1 N–H and O–H groups in total. The van der Waals surface area contributed by atoms with Crippen LogP contribution in [-0.2, 0) is 4.74 Å². The van der Waals surface area contributed by atoms with Crippen molar-refractivity contribution in [1.29, 1.82) is 0 Å². The van der Waals surface area contributed by atoms with Crippen molar-refractivity contribution < 1.29 is 4.74 Å². The maximum Gasteiger partial charge on any atom is 0.0728 e. The Morgan fingerprint density at radius 1 is 1.00 bits per heavy atom. The van der Waals surface area contributed by atoms with Crippen LogP contribution in [0.25, 0.3) is 0 Å². The largest absolute Gasteiger partial charge is 0.376 e. The minimum Gasteiger partial charge on any atom is -0.376 e. The zero-order valence-electron chi connectivity index (χ0n) is 10.0. The molecular formula is C13H25NO. The van der Waals surface area contributed by atoms with Crippen LogP contribution in [0.3, 0.4) is 0 Å². The SMILES string of the molecule is CNC1CCCCC1OCC1CCCC1. The molecule has 2 aliphatic rings. The molecule has 0 amide bonds. The quantitative estimate of drug-likeness (QED) is 0.772. The van der Waals surface area contributed by atoms with E-state index in [1.54, 1.807) is 0 Å². The first-order valence-corrected chi connectivity index (χ1v) is 6.69. The van der Waals surface area contributed by atoms with Gasteiger partial charge < -0.3 is 10.1 Å². The highest BCUT2D eigenvalue weighted by atomic mass is 16.5. The summed E-state index contributed by atoms with van der Waals surface area (Å²) < 4.78 is 6.11. The second-order valence-electron chi connectivity index (χ2n) is 5.20. The average Bonchev–Trinajstić information content (AvgIpc) is 2.79. The van der Waals surface area contributed by atoms with Gasteiger partial charge in [0, 0.05) is 12.6 Å². The molecule has 2 fully saturated rings. The first-order chi connectivity index (χ1) is 7.40. The van der Waals surface area contributed by atoms with Crippen LogP contribution in [0.15, 0.2) is 0 Å². The monoisotopic (exact) mass is 211 g/mol. The molecule has 2 heteroatoms. The molecule has 2 unspecified atom stereocenters. The summed E-state index contributed by atoms with van der Waals surface area (Å²) in [6.45, 7) is 1.02. The molecule has 0 aromatic rings. The van der Waals surface area contributed by atoms with E-state index < -0.39 is 0 Å². The van der Waals surface area contributed by atoms with Gasteiger partial charge in [0.1, 0.15) is 0 Å². The highest BCUT2D eigenvalue weighted by Gasteiger charge is 2.25. The summed E-state index contributed by atoms with van der Waals surface area (Å²) in [4.78, 5) is 0. The van der Waals surface area contributed by atoms with E-state index in [4.69, 9.17) is 4.74 Å². The Labute approximate surface area is 93.8 Å². The average molecular weight is 211 g/mol. The number of ether oxygens (including phenoxy) is 1. The van der Waals surface area contributed by atoms with Gasteiger partial charge in [-0.3, -0.25) is 0 Å². The maximum atomic E-state index is 6.11. The van der Waals surface area contributed by atoms with E-state index in [9.17, 15) is 0 Å². The lowest BCUT2D eigenvalue weighted by atomic mass is 9.92. The second-order valence-corrected chi connectivity index (χ2v) is 5.20. The van der Waals surface area contributed by atoms with Crippen molar-refractivity contribution in [3.8, 4) is 0 Å². The molecule has 2 rings (SSSR count). The zero-order chi connectivity index (χ0) is 10.5. The van der Waals surface area contributed by atoms with E-state index in [0.29, 0.717) is 12.1 Å². The summed E-state index contributed by atoms with van der Waals surface area (Å²) in [6, 6.07) is 0.611. The molecule has 0 saturated heterocycles. The topological polar surface area (TPSA) is 21.3 Å². The molecule has 88 valence electrons. The van der Waals surface area contributed by atoms with Crippen LogP contribution in [-0.4, -0.2) is 25.8 Å². The van der Waals surface area contributed by atoms with E-state index in [0.717, 1.165) is 12.5 Å². The van der Waals surface area contributed by atoms with Gasteiger partial charge in [-0.15, -0.1) is 0 Å². The van der Waals surface area contributed by atoms with Crippen LogP contribution >= 0.6 is 0 Å². The Morgan fingerprint density at radius 3 is 2.40 bits per heavy atom. The van der Waals surface area contributed by atoms with Crippen LogP contribution in [0.1, 0.15) is 51.4 Å². The molecule has 0 aromatic carbocycles. The third-order valence-electron chi connectivity index (χ3n) is 4.09. The summed E-state index contributed by atoms with van der Waals surface area (Å²) in [5.74, 6) is 0.865. The van der Waals surface area contributed by atoms with Gasteiger partial charge in [0.15, 0.2) is 0 Å². The first kappa shape index (κ1) is 11.4. The Kier molecular flexibility index (Phi) is 4.45. The number of likely N-dealkylation sites (N-methyl/N-ethyl adjacent to an activating group) is 1. The van der Waals surface area contributed by atoms with Gasteiger partial charge in [-0.1, -0.05) is 25.7 Å². The van der Waals surface area contributed by atoms with Gasteiger partial charge in [-0.05, 0) is 38.6 Å². The Bertz CT molecular complexity index is 177. The summed E-state index contributed by atoms with van der Waals surface area (Å²) in [7, 11) is 2.07. The van der Waals surface area contributed by atoms with Crippen molar-refractivity contribution >= 4 is 0 Å². The van der Waals surface area contributed by atoms with Crippen molar-refractivity contribution in [1.82, 2.24) is 5.32 Å². The van der Waals surface area contributed by atoms with E-state index >= 15 is 0 Å². The Hall–Kier alpha value is -0.0800. The lowest BCUT2D eigenvalue weighted by Crippen LogP contribution is -2.42. The molecule has 0 aliphatic heterocycles. The minimum atomic E-state index is 0.490. The molecule has 2 nitrogen and oxygen atoms in total. The first-order valence-electron chi connectivity index (χ1n) is 6.69. The van der Waals surface area contributed by atoms with Crippen LogP contribution in [0.4, 0.5) is 0 Å². The second kappa shape index (κ2) is 5.86. The van der Waals surface area contributed by atoms with Gasteiger partial charge in [-0.2, -0.15) is 0 Å². The molecule has 0 bridgehead atoms. The van der Waals surface area contributed by atoms with Gasteiger partial charge in [-0.25, -0.2) is 0 Å².